The van der Waals surface area contributed by atoms with Crippen molar-refractivity contribution in [3.63, 3.8) is 0 Å². The lowest BCUT2D eigenvalue weighted by Crippen LogP contribution is -2.48. The van der Waals surface area contributed by atoms with E-state index in [1.807, 2.05) is 7.05 Å². The van der Waals surface area contributed by atoms with Crippen molar-refractivity contribution in [3.8, 4) is 0 Å². The number of benzene rings is 2. The van der Waals surface area contributed by atoms with Crippen molar-refractivity contribution >= 4 is 29.9 Å². The number of halogens is 1. The molecule has 5 nitrogen and oxygen atoms in total. The van der Waals surface area contributed by atoms with E-state index in [9.17, 15) is 0 Å². The van der Waals surface area contributed by atoms with Crippen molar-refractivity contribution in [2.45, 2.75) is 38.4 Å². The van der Waals surface area contributed by atoms with Crippen molar-refractivity contribution in [2.75, 3.05) is 40.3 Å². The maximum Gasteiger partial charge on any atom is 0.191 e. The second kappa shape index (κ2) is 14.4. The Morgan fingerprint density at radius 1 is 1.00 bits per heavy atom. The lowest BCUT2D eigenvalue weighted by Gasteiger charge is -2.33. The molecular weight excluding hydrogens is 497 g/mol. The van der Waals surface area contributed by atoms with Crippen LogP contribution in [0.2, 0.25) is 0 Å². The van der Waals surface area contributed by atoms with Gasteiger partial charge < -0.3 is 15.5 Å². The predicted octanol–water partition coefficient (Wildman–Crippen LogP) is 3.96. The number of nitrogens with zero attached hydrogens (tertiary/aromatic N) is 3. The minimum Gasteiger partial charge on any atom is -0.356 e. The molecule has 1 heterocycles. The molecule has 0 spiro atoms. The third-order valence-electron chi connectivity index (χ3n) is 5.71. The number of guanidine groups is 1. The number of aliphatic imine (C=N–C) groups is 1. The Balaban J connectivity index is 0.00000341. The van der Waals surface area contributed by atoms with Gasteiger partial charge in [0.2, 0.25) is 0 Å². The van der Waals surface area contributed by atoms with Crippen LogP contribution in [0.15, 0.2) is 65.7 Å². The van der Waals surface area contributed by atoms with Gasteiger partial charge in [-0.05, 0) is 44.0 Å². The van der Waals surface area contributed by atoms with Gasteiger partial charge in [0.15, 0.2) is 5.96 Å². The largest absolute Gasteiger partial charge is 0.356 e. The van der Waals surface area contributed by atoms with Crippen LogP contribution in [0.25, 0.3) is 0 Å². The van der Waals surface area contributed by atoms with Crippen LogP contribution in [-0.2, 0) is 13.1 Å². The fourth-order valence-corrected chi connectivity index (χ4v) is 3.99. The molecule has 0 radical (unpaired) electrons. The van der Waals surface area contributed by atoms with Crippen LogP contribution < -0.4 is 10.6 Å². The van der Waals surface area contributed by atoms with E-state index in [-0.39, 0.29) is 24.0 Å². The van der Waals surface area contributed by atoms with Gasteiger partial charge in [-0.1, -0.05) is 60.7 Å². The van der Waals surface area contributed by atoms with Gasteiger partial charge in [0, 0.05) is 45.8 Å². The van der Waals surface area contributed by atoms with Crippen LogP contribution in [0.3, 0.4) is 0 Å². The van der Waals surface area contributed by atoms with Gasteiger partial charge in [0.05, 0.1) is 0 Å². The highest BCUT2D eigenvalue weighted by atomic mass is 127. The second-order valence-electron chi connectivity index (χ2n) is 8.26. The number of likely N-dealkylation sites (tertiary alicyclic amines) is 1. The highest BCUT2D eigenvalue weighted by Crippen LogP contribution is 2.13. The Morgan fingerprint density at radius 3 is 2.23 bits per heavy atom. The van der Waals surface area contributed by atoms with E-state index in [0.717, 1.165) is 64.5 Å². The molecule has 3 rings (SSSR count). The van der Waals surface area contributed by atoms with Crippen LogP contribution in [0.5, 0.6) is 0 Å². The first-order valence-electron chi connectivity index (χ1n) is 11.2. The Hall–Kier alpha value is -1.64. The second-order valence-corrected chi connectivity index (χ2v) is 8.26. The van der Waals surface area contributed by atoms with Crippen LogP contribution in [0.1, 0.15) is 30.4 Å². The molecule has 0 aliphatic carbocycles. The van der Waals surface area contributed by atoms with E-state index in [2.05, 4.69) is 93.1 Å². The van der Waals surface area contributed by atoms with Crippen molar-refractivity contribution in [3.05, 3.63) is 71.8 Å². The molecule has 2 N–H and O–H groups in total. The zero-order valence-electron chi connectivity index (χ0n) is 19.0. The van der Waals surface area contributed by atoms with E-state index in [0.29, 0.717) is 6.04 Å². The predicted molar refractivity (Wildman–Crippen MR) is 142 cm³/mol. The minimum absolute atomic E-state index is 0. The average molecular weight is 536 g/mol. The zero-order valence-corrected chi connectivity index (χ0v) is 21.3. The molecule has 0 saturated carbocycles. The molecule has 0 aromatic heterocycles. The van der Waals surface area contributed by atoms with Crippen molar-refractivity contribution in [1.29, 1.82) is 0 Å². The summed E-state index contributed by atoms with van der Waals surface area (Å²) in [5.41, 5.74) is 2.77. The first kappa shape index (κ1) is 25.6. The highest BCUT2D eigenvalue weighted by molar-refractivity contribution is 14.0. The van der Waals surface area contributed by atoms with Gasteiger partial charge in [-0.25, -0.2) is 0 Å². The molecule has 0 amide bonds. The number of piperidine rings is 1. The average Bonchev–Trinajstić information content (AvgIpc) is 2.78. The Morgan fingerprint density at radius 2 is 1.61 bits per heavy atom. The fraction of sp³-hybridized carbons (Fsp3) is 0.480. The van der Waals surface area contributed by atoms with Gasteiger partial charge >= 0.3 is 0 Å². The Kier molecular flexibility index (Phi) is 11.9. The summed E-state index contributed by atoms with van der Waals surface area (Å²) in [5, 5.41) is 7.10. The van der Waals surface area contributed by atoms with Crippen molar-refractivity contribution in [1.82, 2.24) is 20.4 Å². The van der Waals surface area contributed by atoms with Gasteiger partial charge in [-0.15, -0.1) is 24.0 Å². The molecule has 0 bridgehead atoms. The number of nitrogens with one attached hydrogen (secondary N) is 2. The first-order valence-corrected chi connectivity index (χ1v) is 11.2. The summed E-state index contributed by atoms with van der Waals surface area (Å²) in [6.07, 6.45) is 3.42. The Bertz CT molecular complexity index is 745. The lowest BCUT2D eigenvalue weighted by atomic mass is 10.0. The lowest BCUT2D eigenvalue weighted by molar-refractivity contribution is 0.198. The molecule has 1 fully saturated rings. The Labute approximate surface area is 205 Å². The van der Waals surface area contributed by atoms with Gasteiger partial charge in [0.1, 0.15) is 0 Å². The SMILES string of the molecule is CN=C(NCCCN(C)Cc1ccccc1)NC1CCN(Cc2ccccc2)CC1.I. The van der Waals surface area contributed by atoms with Crippen molar-refractivity contribution < 1.29 is 0 Å². The standard InChI is InChI=1S/C25H37N5.HI/c1-26-25(27-16-9-17-29(2)20-22-10-5-3-6-11-22)28-24-14-18-30(19-15-24)21-23-12-7-4-8-13-23;/h3-8,10-13,24H,9,14-21H2,1-2H3,(H2,26,27,28);1H. The molecular formula is C25H38IN5. The van der Waals surface area contributed by atoms with E-state index < -0.39 is 0 Å². The summed E-state index contributed by atoms with van der Waals surface area (Å²) in [7, 11) is 4.05. The molecule has 6 heteroatoms. The van der Waals surface area contributed by atoms with Crippen molar-refractivity contribution in [2.24, 2.45) is 4.99 Å². The molecule has 2 aromatic rings. The highest BCUT2D eigenvalue weighted by Gasteiger charge is 2.19. The van der Waals surface area contributed by atoms with Gasteiger partial charge in [0.25, 0.3) is 0 Å². The third-order valence-corrected chi connectivity index (χ3v) is 5.71. The maximum atomic E-state index is 4.42. The maximum absolute atomic E-state index is 4.42. The third kappa shape index (κ3) is 9.58. The molecule has 31 heavy (non-hydrogen) atoms. The number of hydrogen-bond donors (Lipinski definition) is 2. The summed E-state index contributed by atoms with van der Waals surface area (Å²) in [6, 6.07) is 21.9. The summed E-state index contributed by atoms with van der Waals surface area (Å²) < 4.78 is 0. The van der Waals surface area contributed by atoms with Crippen LogP contribution in [-0.4, -0.2) is 62.1 Å². The molecule has 2 aromatic carbocycles. The quantitative estimate of drug-likeness (QED) is 0.221. The summed E-state index contributed by atoms with van der Waals surface area (Å²) in [4.78, 5) is 9.34. The van der Waals surface area contributed by atoms with Crippen LogP contribution >= 0.6 is 24.0 Å². The van der Waals surface area contributed by atoms with E-state index in [1.54, 1.807) is 0 Å². The van der Waals surface area contributed by atoms with E-state index in [4.69, 9.17) is 0 Å². The summed E-state index contributed by atoms with van der Waals surface area (Å²) >= 11 is 0. The molecule has 1 saturated heterocycles. The number of rotatable bonds is 9. The first-order chi connectivity index (χ1) is 14.7. The minimum atomic E-state index is 0. The smallest absolute Gasteiger partial charge is 0.191 e. The van der Waals surface area contributed by atoms with Gasteiger partial charge in [-0.3, -0.25) is 9.89 Å². The van der Waals surface area contributed by atoms with E-state index in [1.165, 1.54) is 11.1 Å². The van der Waals surface area contributed by atoms with E-state index >= 15 is 0 Å². The molecule has 0 atom stereocenters. The summed E-state index contributed by atoms with van der Waals surface area (Å²) in [5.74, 6) is 0.933. The van der Waals surface area contributed by atoms with Crippen LogP contribution in [0.4, 0.5) is 0 Å². The molecule has 1 aliphatic heterocycles. The number of hydrogen-bond acceptors (Lipinski definition) is 3. The monoisotopic (exact) mass is 535 g/mol. The normalized spacial score (nSPS) is 15.5. The molecule has 0 unspecified atom stereocenters. The zero-order chi connectivity index (χ0) is 21.0. The molecule has 170 valence electrons. The van der Waals surface area contributed by atoms with Crippen LogP contribution in [0, 0.1) is 0 Å². The fourth-order valence-electron chi connectivity index (χ4n) is 3.99. The molecule has 1 aliphatic rings. The van der Waals surface area contributed by atoms with Gasteiger partial charge in [-0.2, -0.15) is 0 Å². The topological polar surface area (TPSA) is 42.9 Å². The summed E-state index contributed by atoms with van der Waals surface area (Å²) in [6.45, 7) is 6.32.